The van der Waals surface area contributed by atoms with Crippen molar-refractivity contribution in [3.63, 3.8) is 0 Å². The Bertz CT molecular complexity index is 785. The summed E-state index contributed by atoms with van der Waals surface area (Å²) < 4.78 is 7.76. The lowest BCUT2D eigenvalue weighted by atomic mass is 10.00. The molecule has 0 unspecified atom stereocenters. The number of rotatable bonds is 3. The Morgan fingerprint density at radius 1 is 1.40 bits per heavy atom. The molecule has 25 heavy (non-hydrogen) atoms. The molecule has 0 saturated heterocycles. The lowest BCUT2D eigenvalue weighted by Gasteiger charge is -2.33. The average Bonchev–Trinajstić information content (AvgIpc) is 3.02. The fraction of sp³-hybridized carbons (Fsp3) is 0.474. The Kier molecular flexibility index (Phi) is 4.21. The van der Waals surface area contributed by atoms with Gasteiger partial charge in [0.15, 0.2) is 0 Å². The maximum atomic E-state index is 12.8. The van der Waals surface area contributed by atoms with Gasteiger partial charge in [0.25, 0.3) is 0 Å². The third kappa shape index (κ3) is 3.02. The van der Waals surface area contributed by atoms with Crippen LogP contribution in [0.15, 0.2) is 30.6 Å². The maximum Gasteiger partial charge on any atom is 0.237 e. The van der Waals surface area contributed by atoms with E-state index in [2.05, 4.69) is 19.8 Å². The van der Waals surface area contributed by atoms with Gasteiger partial charge in [-0.25, -0.2) is 4.98 Å². The van der Waals surface area contributed by atoms with Crippen molar-refractivity contribution in [2.75, 3.05) is 13.2 Å². The lowest BCUT2D eigenvalue weighted by molar-refractivity contribution is -0.127. The number of carbonyl (C=O) groups excluding carboxylic acids is 1. The first-order valence-electron chi connectivity index (χ1n) is 8.88. The number of aromatic nitrogens is 2. The minimum Gasteiger partial charge on any atom is -0.493 e. The molecule has 2 aromatic rings. The zero-order chi connectivity index (χ0) is 17.4. The molecule has 0 bridgehead atoms. The van der Waals surface area contributed by atoms with Crippen molar-refractivity contribution >= 4 is 5.91 Å². The normalized spacial score (nSPS) is 21.0. The number of nitrogens with zero attached hydrogens (tertiary/aromatic N) is 3. The number of amides is 1. The van der Waals surface area contributed by atoms with E-state index in [1.54, 1.807) is 0 Å². The van der Waals surface area contributed by atoms with Crippen LogP contribution in [0.4, 0.5) is 0 Å². The fourth-order valence-corrected chi connectivity index (χ4v) is 3.76. The van der Waals surface area contributed by atoms with E-state index in [0.29, 0.717) is 6.61 Å². The van der Waals surface area contributed by atoms with Crippen LogP contribution in [0.5, 0.6) is 5.75 Å². The van der Waals surface area contributed by atoms with Gasteiger partial charge in [0.2, 0.25) is 5.91 Å². The fourth-order valence-electron chi connectivity index (χ4n) is 3.76. The van der Waals surface area contributed by atoms with Crippen LogP contribution in [0.1, 0.15) is 36.3 Å². The standard InChI is InChI=1S/C19H24N4O2/c1-13(23-9-7-17-16(11-23)20-12-22(17)2)19(24)21-15-8-10-25-18-6-4-3-5-14(15)18/h3-6,12-13,15H,7-11H2,1-2H3,(H,21,24)/t13-,15-/m1/s1. The Hall–Kier alpha value is -2.34. The lowest BCUT2D eigenvalue weighted by Crippen LogP contribution is -2.48. The minimum atomic E-state index is -0.176. The van der Waals surface area contributed by atoms with Crippen LogP contribution in [0.2, 0.25) is 0 Å². The molecule has 1 aromatic heterocycles. The molecule has 1 N–H and O–H groups in total. The van der Waals surface area contributed by atoms with Gasteiger partial charge in [-0.2, -0.15) is 0 Å². The van der Waals surface area contributed by atoms with Crippen LogP contribution in [-0.4, -0.2) is 39.6 Å². The van der Waals surface area contributed by atoms with Gasteiger partial charge in [-0.05, 0) is 13.0 Å². The summed E-state index contributed by atoms with van der Waals surface area (Å²) in [7, 11) is 2.03. The van der Waals surface area contributed by atoms with Crippen molar-refractivity contribution in [1.82, 2.24) is 19.8 Å². The summed E-state index contributed by atoms with van der Waals surface area (Å²) in [4.78, 5) is 19.5. The Morgan fingerprint density at radius 3 is 3.12 bits per heavy atom. The summed E-state index contributed by atoms with van der Waals surface area (Å²) in [5.41, 5.74) is 3.44. The molecule has 1 aromatic carbocycles. The molecule has 0 spiro atoms. The molecule has 2 atom stereocenters. The smallest absolute Gasteiger partial charge is 0.237 e. The zero-order valence-corrected chi connectivity index (χ0v) is 14.7. The highest BCUT2D eigenvalue weighted by Crippen LogP contribution is 2.31. The molecule has 2 aliphatic rings. The number of fused-ring (bicyclic) bond motifs is 2. The first-order valence-corrected chi connectivity index (χ1v) is 8.88. The molecule has 2 aliphatic heterocycles. The second kappa shape index (κ2) is 6.52. The van der Waals surface area contributed by atoms with Gasteiger partial charge in [-0.1, -0.05) is 18.2 Å². The highest BCUT2D eigenvalue weighted by atomic mass is 16.5. The molecular formula is C19H24N4O2. The highest BCUT2D eigenvalue weighted by Gasteiger charge is 2.30. The highest BCUT2D eigenvalue weighted by molar-refractivity contribution is 5.82. The Labute approximate surface area is 147 Å². The number of aryl methyl sites for hydroxylation is 1. The van der Waals surface area contributed by atoms with E-state index in [-0.39, 0.29) is 18.0 Å². The first kappa shape index (κ1) is 16.1. The maximum absolute atomic E-state index is 12.8. The summed E-state index contributed by atoms with van der Waals surface area (Å²) in [6.07, 6.45) is 3.60. The van der Waals surface area contributed by atoms with Gasteiger partial charge < -0.3 is 14.6 Å². The molecule has 4 rings (SSSR count). The van der Waals surface area contributed by atoms with E-state index in [1.165, 1.54) is 5.69 Å². The van der Waals surface area contributed by atoms with Crippen LogP contribution in [0.3, 0.4) is 0 Å². The van der Waals surface area contributed by atoms with Crippen molar-refractivity contribution in [2.45, 2.75) is 38.4 Å². The summed E-state index contributed by atoms with van der Waals surface area (Å²) >= 11 is 0. The van der Waals surface area contributed by atoms with Crippen LogP contribution in [-0.2, 0) is 24.8 Å². The molecule has 1 amide bonds. The number of carbonyl (C=O) groups is 1. The minimum absolute atomic E-state index is 0.0232. The molecule has 0 fully saturated rings. The molecule has 132 valence electrons. The quantitative estimate of drug-likeness (QED) is 0.926. The van der Waals surface area contributed by atoms with E-state index in [9.17, 15) is 4.79 Å². The van der Waals surface area contributed by atoms with E-state index < -0.39 is 0 Å². The number of ether oxygens (including phenoxy) is 1. The molecule has 3 heterocycles. The zero-order valence-electron chi connectivity index (χ0n) is 14.7. The molecule has 6 heteroatoms. The van der Waals surface area contributed by atoms with E-state index in [4.69, 9.17) is 4.74 Å². The monoisotopic (exact) mass is 340 g/mol. The molecular weight excluding hydrogens is 316 g/mol. The second-order valence-electron chi connectivity index (χ2n) is 6.88. The van der Waals surface area contributed by atoms with Crippen LogP contribution >= 0.6 is 0 Å². The number of imidazole rings is 1. The van der Waals surface area contributed by atoms with Gasteiger partial charge in [-0.3, -0.25) is 9.69 Å². The van der Waals surface area contributed by atoms with Gasteiger partial charge in [0.05, 0.1) is 30.7 Å². The molecule has 0 radical (unpaired) electrons. The van der Waals surface area contributed by atoms with E-state index in [0.717, 1.165) is 42.9 Å². The second-order valence-corrected chi connectivity index (χ2v) is 6.88. The van der Waals surface area contributed by atoms with Crippen LogP contribution in [0.25, 0.3) is 0 Å². The van der Waals surface area contributed by atoms with Crippen molar-refractivity contribution in [3.8, 4) is 5.75 Å². The van der Waals surface area contributed by atoms with Crippen molar-refractivity contribution in [1.29, 1.82) is 0 Å². The van der Waals surface area contributed by atoms with Crippen molar-refractivity contribution in [2.24, 2.45) is 7.05 Å². The number of benzene rings is 1. The van der Waals surface area contributed by atoms with E-state index >= 15 is 0 Å². The van der Waals surface area contributed by atoms with Crippen molar-refractivity contribution in [3.05, 3.63) is 47.5 Å². The predicted molar refractivity (Wildman–Crippen MR) is 94.2 cm³/mol. The van der Waals surface area contributed by atoms with Gasteiger partial charge in [0, 0.05) is 44.2 Å². The molecule has 6 nitrogen and oxygen atoms in total. The number of para-hydroxylation sites is 1. The summed E-state index contributed by atoms with van der Waals surface area (Å²) in [6, 6.07) is 7.79. The third-order valence-corrected chi connectivity index (χ3v) is 5.34. The molecule has 0 aliphatic carbocycles. The van der Waals surface area contributed by atoms with Gasteiger partial charge >= 0.3 is 0 Å². The number of hydrogen-bond acceptors (Lipinski definition) is 4. The molecule has 0 saturated carbocycles. The number of hydrogen-bond donors (Lipinski definition) is 1. The van der Waals surface area contributed by atoms with E-state index in [1.807, 2.05) is 44.6 Å². The largest absolute Gasteiger partial charge is 0.493 e. The average molecular weight is 340 g/mol. The topological polar surface area (TPSA) is 59.4 Å². The van der Waals surface area contributed by atoms with Crippen molar-refractivity contribution < 1.29 is 9.53 Å². The summed E-state index contributed by atoms with van der Waals surface area (Å²) in [5.74, 6) is 0.948. The Morgan fingerprint density at radius 2 is 2.24 bits per heavy atom. The Balaban J connectivity index is 1.44. The van der Waals surface area contributed by atoms with Gasteiger partial charge in [-0.15, -0.1) is 0 Å². The summed E-state index contributed by atoms with van der Waals surface area (Å²) in [5, 5.41) is 3.22. The van der Waals surface area contributed by atoms with Gasteiger partial charge in [0.1, 0.15) is 5.75 Å². The third-order valence-electron chi connectivity index (χ3n) is 5.34. The first-order chi connectivity index (χ1) is 12.1. The van der Waals surface area contributed by atoms with Crippen LogP contribution in [0, 0.1) is 0 Å². The summed E-state index contributed by atoms with van der Waals surface area (Å²) in [6.45, 7) is 4.23. The predicted octanol–water partition coefficient (Wildman–Crippen LogP) is 1.81. The van der Waals surface area contributed by atoms with Crippen LogP contribution < -0.4 is 10.1 Å². The number of nitrogens with one attached hydrogen (secondary N) is 1. The SMILES string of the molecule is C[C@H](C(=O)N[C@@H]1CCOc2ccccc21)N1CCc2c(ncn2C)C1.